The Bertz CT molecular complexity index is 532. The van der Waals surface area contributed by atoms with Gasteiger partial charge in [0.2, 0.25) is 0 Å². The summed E-state index contributed by atoms with van der Waals surface area (Å²) in [5.41, 5.74) is 6.31. The van der Waals surface area contributed by atoms with Gasteiger partial charge in [-0.2, -0.15) is 0 Å². The van der Waals surface area contributed by atoms with Gasteiger partial charge in [0.1, 0.15) is 11.5 Å². The first-order chi connectivity index (χ1) is 9.56. The molecule has 3 atom stereocenters. The molecule has 1 amide bonds. The molecule has 0 spiro atoms. The van der Waals surface area contributed by atoms with Crippen molar-refractivity contribution in [3.8, 4) is 11.5 Å². The number of likely N-dealkylation sites (tertiary alicyclic amines) is 1. The smallest absolute Gasteiger partial charge is 0.257 e. The number of phenols is 2. The van der Waals surface area contributed by atoms with Crippen LogP contribution in [0.4, 0.5) is 0 Å². The predicted molar refractivity (Wildman–Crippen MR) is 74.5 cm³/mol. The van der Waals surface area contributed by atoms with E-state index in [2.05, 4.69) is 0 Å². The number of nitrogens with zero attached hydrogens (tertiary/aromatic N) is 1. The lowest BCUT2D eigenvalue weighted by molar-refractivity contribution is 0.0780. The highest BCUT2D eigenvalue weighted by Crippen LogP contribution is 2.36. The lowest BCUT2D eigenvalue weighted by Gasteiger charge is -2.29. The molecule has 1 aliphatic carbocycles. The highest BCUT2D eigenvalue weighted by molar-refractivity contribution is 5.97. The quantitative estimate of drug-likeness (QED) is 0.675. The number of benzene rings is 1. The van der Waals surface area contributed by atoms with E-state index in [1.165, 1.54) is 18.2 Å². The van der Waals surface area contributed by atoms with Crippen LogP contribution in [0.2, 0.25) is 0 Å². The minimum atomic E-state index is -0.222. The van der Waals surface area contributed by atoms with Crippen molar-refractivity contribution in [2.75, 3.05) is 13.1 Å². The summed E-state index contributed by atoms with van der Waals surface area (Å²) in [6, 6.07) is 4.20. The van der Waals surface area contributed by atoms with Crippen LogP contribution in [0.15, 0.2) is 18.2 Å². The van der Waals surface area contributed by atoms with E-state index >= 15 is 0 Å². The van der Waals surface area contributed by atoms with E-state index in [-0.39, 0.29) is 29.0 Å². The summed E-state index contributed by atoms with van der Waals surface area (Å²) < 4.78 is 0. The number of rotatable bonds is 1. The molecule has 5 heteroatoms. The normalized spacial score (nSPS) is 29.2. The summed E-state index contributed by atoms with van der Waals surface area (Å²) in [5, 5.41) is 19.3. The van der Waals surface area contributed by atoms with E-state index in [1.807, 2.05) is 0 Å². The van der Waals surface area contributed by atoms with E-state index in [9.17, 15) is 15.0 Å². The van der Waals surface area contributed by atoms with Gasteiger partial charge < -0.3 is 20.8 Å². The first kappa shape index (κ1) is 13.2. The summed E-state index contributed by atoms with van der Waals surface area (Å²) in [5.74, 6) is 0.515. The van der Waals surface area contributed by atoms with Crippen molar-refractivity contribution in [2.24, 2.45) is 17.6 Å². The van der Waals surface area contributed by atoms with Crippen molar-refractivity contribution >= 4 is 5.91 Å². The maximum Gasteiger partial charge on any atom is 0.257 e. The highest BCUT2D eigenvalue weighted by Gasteiger charge is 2.40. The molecule has 0 aromatic heterocycles. The van der Waals surface area contributed by atoms with Gasteiger partial charge in [-0.3, -0.25) is 4.79 Å². The molecule has 4 N–H and O–H groups in total. The van der Waals surface area contributed by atoms with E-state index in [0.717, 1.165) is 19.3 Å². The van der Waals surface area contributed by atoms with E-state index < -0.39 is 0 Å². The van der Waals surface area contributed by atoms with Gasteiger partial charge in [-0.1, -0.05) is 6.42 Å². The first-order valence-electron chi connectivity index (χ1n) is 7.13. The van der Waals surface area contributed by atoms with E-state index in [4.69, 9.17) is 5.73 Å². The number of amides is 1. The van der Waals surface area contributed by atoms with Crippen LogP contribution in [0.3, 0.4) is 0 Å². The Labute approximate surface area is 118 Å². The van der Waals surface area contributed by atoms with Crippen molar-refractivity contribution in [3.63, 3.8) is 0 Å². The molecule has 1 aliphatic heterocycles. The van der Waals surface area contributed by atoms with Crippen LogP contribution < -0.4 is 5.73 Å². The van der Waals surface area contributed by atoms with Crippen LogP contribution >= 0.6 is 0 Å². The van der Waals surface area contributed by atoms with Crippen LogP contribution in [0.25, 0.3) is 0 Å². The first-order valence-corrected chi connectivity index (χ1v) is 7.13. The van der Waals surface area contributed by atoms with Crippen molar-refractivity contribution < 1.29 is 15.0 Å². The summed E-state index contributed by atoms with van der Waals surface area (Å²) in [4.78, 5) is 14.2. The number of phenolic OH excluding ortho intramolecular Hbond substituents is 2. The van der Waals surface area contributed by atoms with Gasteiger partial charge in [-0.15, -0.1) is 0 Å². The van der Waals surface area contributed by atoms with Crippen molar-refractivity contribution in [2.45, 2.75) is 25.3 Å². The Balaban J connectivity index is 1.80. The SMILES string of the molecule is NC1CCCC2CN(C(=O)c3cc(O)ccc3O)CC12. The minimum Gasteiger partial charge on any atom is -0.508 e. The molecule has 3 rings (SSSR count). The molecule has 3 unspecified atom stereocenters. The fourth-order valence-electron chi connectivity index (χ4n) is 3.55. The van der Waals surface area contributed by atoms with Crippen molar-refractivity contribution in [1.82, 2.24) is 4.90 Å². The van der Waals surface area contributed by atoms with Gasteiger partial charge in [0.15, 0.2) is 0 Å². The maximum atomic E-state index is 12.5. The Morgan fingerprint density at radius 2 is 2.05 bits per heavy atom. The number of nitrogens with two attached hydrogens (primary N) is 1. The van der Waals surface area contributed by atoms with Crippen LogP contribution in [0.1, 0.15) is 29.6 Å². The molecule has 0 bridgehead atoms. The third-order valence-corrected chi connectivity index (χ3v) is 4.65. The summed E-state index contributed by atoms with van der Waals surface area (Å²) in [6.45, 7) is 1.35. The Morgan fingerprint density at radius 3 is 2.80 bits per heavy atom. The Kier molecular flexibility index (Phi) is 3.30. The van der Waals surface area contributed by atoms with Crippen molar-refractivity contribution in [1.29, 1.82) is 0 Å². The van der Waals surface area contributed by atoms with Gasteiger partial charge in [-0.05, 0) is 42.9 Å². The second-order valence-electron chi connectivity index (χ2n) is 5.93. The van der Waals surface area contributed by atoms with Crippen LogP contribution in [0, 0.1) is 11.8 Å². The monoisotopic (exact) mass is 276 g/mol. The fraction of sp³-hybridized carbons (Fsp3) is 0.533. The van der Waals surface area contributed by atoms with Gasteiger partial charge >= 0.3 is 0 Å². The molecule has 2 fully saturated rings. The van der Waals surface area contributed by atoms with Crippen LogP contribution in [-0.2, 0) is 0 Å². The molecule has 108 valence electrons. The Morgan fingerprint density at radius 1 is 1.25 bits per heavy atom. The fourth-order valence-corrected chi connectivity index (χ4v) is 3.55. The largest absolute Gasteiger partial charge is 0.508 e. The summed E-state index contributed by atoms with van der Waals surface area (Å²) in [7, 11) is 0. The number of hydrogen-bond donors (Lipinski definition) is 3. The zero-order valence-corrected chi connectivity index (χ0v) is 11.3. The number of fused-ring (bicyclic) bond motifs is 1. The standard InChI is InChI=1S/C15H20N2O3/c16-13-3-1-2-9-7-17(8-12(9)13)15(20)11-6-10(18)4-5-14(11)19/h4-6,9,12-13,18-19H,1-3,7-8,16H2. The molecule has 1 saturated heterocycles. The molecular formula is C15H20N2O3. The average Bonchev–Trinajstić information content (AvgIpc) is 2.86. The zero-order chi connectivity index (χ0) is 14.3. The summed E-state index contributed by atoms with van der Waals surface area (Å²) >= 11 is 0. The molecule has 5 nitrogen and oxygen atoms in total. The van der Waals surface area contributed by atoms with Gasteiger partial charge in [0.25, 0.3) is 5.91 Å². The number of aromatic hydroxyl groups is 2. The number of carbonyl (C=O) groups excluding carboxylic acids is 1. The second kappa shape index (κ2) is 4.98. The lowest BCUT2D eigenvalue weighted by Crippen LogP contribution is -2.38. The molecule has 1 aromatic carbocycles. The van der Waals surface area contributed by atoms with Gasteiger partial charge in [0, 0.05) is 19.1 Å². The van der Waals surface area contributed by atoms with Gasteiger partial charge in [-0.25, -0.2) is 0 Å². The molecule has 0 radical (unpaired) electrons. The maximum absolute atomic E-state index is 12.5. The third kappa shape index (κ3) is 2.22. The topological polar surface area (TPSA) is 86.8 Å². The van der Waals surface area contributed by atoms with Gasteiger partial charge in [0.05, 0.1) is 5.56 Å². The second-order valence-corrected chi connectivity index (χ2v) is 5.93. The van der Waals surface area contributed by atoms with Crippen LogP contribution in [-0.4, -0.2) is 40.2 Å². The average molecular weight is 276 g/mol. The lowest BCUT2D eigenvalue weighted by atomic mass is 9.78. The molecular weight excluding hydrogens is 256 g/mol. The summed E-state index contributed by atoms with van der Waals surface area (Å²) in [6.07, 6.45) is 3.27. The molecule has 2 aliphatic rings. The van der Waals surface area contributed by atoms with Crippen LogP contribution in [0.5, 0.6) is 11.5 Å². The molecule has 20 heavy (non-hydrogen) atoms. The molecule has 1 heterocycles. The minimum absolute atomic E-state index is 0.0144. The number of carbonyl (C=O) groups is 1. The highest BCUT2D eigenvalue weighted by atomic mass is 16.3. The molecule has 1 aromatic rings. The van der Waals surface area contributed by atoms with E-state index in [1.54, 1.807) is 4.90 Å². The predicted octanol–water partition coefficient (Wildman–Crippen LogP) is 1.30. The number of hydrogen-bond acceptors (Lipinski definition) is 4. The zero-order valence-electron chi connectivity index (χ0n) is 11.3. The van der Waals surface area contributed by atoms with Crippen molar-refractivity contribution in [3.05, 3.63) is 23.8 Å². The Hall–Kier alpha value is -1.75. The molecule has 1 saturated carbocycles. The van der Waals surface area contributed by atoms with E-state index in [0.29, 0.717) is 24.9 Å². The third-order valence-electron chi connectivity index (χ3n) is 4.65.